The van der Waals surface area contributed by atoms with Crippen molar-refractivity contribution in [3.63, 3.8) is 0 Å². The van der Waals surface area contributed by atoms with Crippen LogP contribution in [0.2, 0.25) is 0 Å². The van der Waals surface area contributed by atoms with Crippen LogP contribution in [-0.2, 0) is 0 Å². The summed E-state index contributed by atoms with van der Waals surface area (Å²) >= 11 is 0. The average Bonchev–Trinajstić information content (AvgIpc) is 2.14. The van der Waals surface area contributed by atoms with Crippen LogP contribution in [0.4, 0.5) is 0 Å². The SMILES string of the molecule is CC[C@@H]1CCN[C@H]1C. The summed E-state index contributed by atoms with van der Waals surface area (Å²) < 4.78 is 0. The lowest BCUT2D eigenvalue weighted by Crippen LogP contribution is -2.22. The van der Waals surface area contributed by atoms with E-state index in [9.17, 15) is 0 Å². The van der Waals surface area contributed by atoms with Gasteiger partial charge in [-0.05, 0) is 25.8 Å². The molecular weight excluding hydrogens is 98.1 g/mol. The third kappa shape index (κ3) is 1.03. The maximum Gasteiger partial charge on any atom is 0.00673 e. The molecule has 1 aliphatic rings. The Morgan fingerprint density at radius 2 is 2.38 bits per heavy atom. The van der Waals surface area contributed by atoms with Gasteiger partial charge in [0, 0.05) is 6.04 Å². The lowest BCUT2D eigenvalue weighted by molar-refractivity contribution is 0.463. The molecule has 0 radical (unpaired) electrons. The second kappa shape index (κ2) is 2.49. The Bertz CT molecular complexity index is 70.8. The molecule has 0 bridgehead atoms. The molecule has 8 heavy (non-hydrogen) atoms. The van der Waals surface area contributed by atoms with E-state index in [2.05, 4.69) is 19.2 Å². The number of nitrogens with one attached hydrogen (secondary N) is 1. The highest BCUT2D eigenvalue weighted by molar-refractivity contribution is 4.78. The fraction of sp³-hybridized carbons (Fsp3) is 1.00. The molecule has 0 aromatic carbocycles. The maximum absolute atomic E-state index is 3.42. The molecule has 0 aliphatic carbocycles. The molecule has 0 unspecified atom stereocenters. The van der Waals surface area contributed by atoms with Crippen LogP contribution in [-0.4, -0.2) is 12.6 Å². The van der Waals surface area contributed by atoms with Gasteiger partial charge < -0.3 is 5.32 Å². The Morgan fingerprint density at radius 1 is 1.62 bits per heavy atom. The molecule has 1 rings (SSSR count). The molecule has 0 amide bonds. The van der Waals surface area contributed by atoms with Crippen molar-refractivity contribution in [2.75, 3.05) is 6.54 Å². The van der Waals surface area contributed by atoms with Crippen molar-refractivity contribution in [1.82, 2.24) is 5.32 Å². The third-order valence-corrected chi connectivity index (χ3v) is 2.21. The van der Waals surface area contributed by atoms with Gasteiger partial charge in [0.25, 0.3) is 0 Å². The predicted octanol–water partition coefficient (Wildman–Crippen LogP) is 1.39. The zero-order valence-corrected chi connectivity index (χ0v) is 5.78. The van der Waals surface area contributed by atoms with Crippen LogP contribution in [0.5, 0.6) is 0 Å². The topological polar surface area (TPSA) is 12.0 Å². The van der Waals surface area contributed by atoms with Crippen molar-refractivity contribution in [2.45, 2.75) is 32.7 Å². The van der Waals surface area contributed by atoms with Crippen LogP contribution < -0.4 is 5.32 Å². The monoisotopic (exact) mass is 113 g/mol. The molecule has 1 N–H and O–H groups in total. The van der Waals surface area contributed by atoms with Crippen molar-refractivity contribution < 1.29 is 0 Å². The van der Waals surface area contributed by atoms with E-state index < -0.39 is 0 Å². The minimum Gasteiger partial charge on any atom is -0.314 e. The maximum atomic E-state index is 3.42. The highest BCUT2D eigenvalue weighted by Crippen LogP contribution is 2.17. The van der Waals surface area contributed by atoms with Crippen molar-refractivity contribution in [3.8, 4) is 0 Å². The van der Waals surface area contributed by atoms with Gasteiger partial charge in [0.1, 0.15) is 0 Å². The van der Waals surface area contributed by atoms with Gasteiger partial charge in [-0.15, -0.1) is 0 Å². The highest BCUT2D eigenvalue weighted by Gasteiger charge is 2.19. The van der Waals surface area contributed by atoms with Crippen molar-refractivity contribution in [1.29, 1.82) is 0 Å². The van der Waals surface area contributed by atoms with E-state index in [4.69, 9.17) is 0 Å². The van der Waals surface area contributed by atoms with E-state index in [1.54, 1.807) is 0 Å². The summed E-state index contributed by atoms with van der Waals surface area (Å²) in [5, 5.41) is 3.42. The summed E-state index contributed by atoms with van der Waals surface area (Å²) in [6.45, 7) is 5.79. The predicted molar refractivity (Wildman–Crippen MR) is 35.9 cm³/mol. The van der Waals surface area contributed by atoms with Crippen molar-refractivity contribution in [3.05, 3.63) is 0 Å². The molecule has 0 aromatic rings. The van der Waals surface area contributed by atoms with Crippen LogP contribution in [0.1, 0.15) is 26.7 Å². The summed E-state index contributed by atoms with van der Waals surface area (Å²) in [6, 6.07) is 0.778. The summed E-state index contributed by atoms with van der Waals surface area (Å²) in [5.74, 6) is 0.954. The highest BCUT2D eigenvalue weighted by atomic mass is 14.9. The van der Waals surface area contributed by atoms with E-state index in [-0.39, 0.29) is 0 Å². The minimum atomic E-state index is 0.778. The molecule has 0 aromatic heterocycles. The van der Waals surface area contributed by atoms with E-state index in [0.717, 1.165) is 12.0 Å². The molecule has 1 fully saturated rings. The van der Waals surface area contributed by atoms with Gasteiger partial charge in [0.15, 0.2) is 0 Å². The van der Waals surface area contributed by atoms with Crippen molar-refractivity contribution >= 4 is 0 Å². The number of hydrogen-bond acceptors (Lipinski definition) is 1. The first kappa shape index (κ1) is 6.09. The van der Waals surface area contributed by atoms with E-state index >= 15 is 0 Å². The fourth-order valence-electron chi connectivity index (χ4n) is 1.47. The average molecular weight is 113 g/mol. The van der Waals surface area contributed by atoms with Gasteiger partial charge in [-0.3, -0.25) is 0 Å². The van der Waals surface area contributed by atoms with E-state index in [1.807, 2.05) is 0 Å². The number of hydrogen-bond donors (Lipinski definition) is 1. The zero-order valence-electron chi connectivity index (χ0n) is 5.78. The smallest absolute Gasteiger partial charge is 0.00673 e. The van der Waals surface area contributed by atoms with Crippen LogP contribution in [0.15, 0.2) is 0 Å². The normalized spacial score (nSPS) is 38.2. The van der Waals surface area contributed by atoms with Crippen LogP contribution >= 0.6 is 0 Å². The molecule has 1 heterocycles. The number of rotatable bonds is 1. The first-order valence-corrected chi connectivity index (χ1v) is 3.58. The van der Waals surface area contributed by atoms with Crippen molar-refractivity contribution in [2.24, 2.45) is 5.92 Å². The van der Waals surface area contributed by atoms with Crippen LogP contribution in [0.25, 0.3) is 0 Å². The molecule has 1 nitrogen and oxygen atoms in total. The Balaban J connectivity index is 2.30. The molecule has 1 heteroatoms. The lowest BCUT2D eigenvalue weighted by Gasteiger charge is -2.10. The second-order valence-electron chi connectivity index (χ2n) is 2.70. The molecule has 1 aliphatic heterocycles. The van der Waals surface area contributed by atoms with Gasteiger partial charge in [-0.2, -0.15) is 0 Å². The fourth-order valence-corrected chi connectivity index (χ4v) is 1.47. The van der Waals surface area contributed by atoms with Crippen LogP contribution in [0.3, 0.4) is 0 Å². The Hall–Kier alpha value is -0.0400. The standard InChI is InChI=1S/C7H15N/c1-3-7-4-5-8-6(7)2/h6-8H,3-5H2,1-2H3/t6-,7+/m0/s1. The van der Waals surface area contributed by atoms with E-state index in [0.29, 0.717) is 0 Å². The van der Waals surface area contributed by atoms with Gasteiger partial charge >= 0.3 is 0 Å². The zero-order chi connectivity index (χ0) is 5.98. The van der Waals surface area contributed by atoms with Gasteiger partial charge in [0.2, 0.25) is 0 Å². The third-order valence-electron chi connectivity index (χ3n) is 2.21. The van der Waals surface area contributed by atoms with Gasteiger partial charge in [0.05, 0.1) is 0 Å². The summed E-state index contributed by atoms with van der Waals surface area (Å²) in [7, 11) is 0. The van der Waals surface area contributed by atoms with Gasteiger partial charge in [-0.25, -0.2) is 0 Å². The quantitative estimate of drug-likeness (QED) is 0.542. The lowest BCUT2D eigenvalue weighted by atomic mass is 10.00. The first-order valence-electron chi connectivity index (χ1n) is 3.58. The Morgan fingerprint density at radius 3 is 2.62 bits per heavy atom. The summed E-state index contributed by atoms with van der Waals surface area (Å²) in [4.78, 5) is 0. The molecule has 1 saturated heterocycles. The first-order chi connectivity index (χ1) is 3.84. The van der Waals surface area contributed by atoms with E-state index in [1.165, 1.54) is 19.4 Å². The largest absolute Gasteiger partial charge is 0.314 e. The second-order valence-corrected chi connectivity index (χ2v) is 2.70. The van der Waals surface area contributed by atoms with Crippen LogP contribution in [0, 0.1) is 5.92 Å². The molecule has 0 saturated carbocycles. The molecular formula is C7H15N. The molecule has 48 valence electrons. The summed E-state index contributed by atoms with van der Waals surface area (Å²) in [6.07, 6.45) is 2.73. The van der Waals surface area contributed by atoms with Gasteiger partial charge in [-0.1, -0.05) is 13.3 Å². The Labute approximate surface area is 51.5 Å². The molecule has 2 atom stereocenters. The minimum absolute atomic E-state index is 0.778. The molecule has 0 spiro atoms. The Kier molecular flexibility index (Phi) is 1.90. The summed E-state index contributed by atoms with van der Waals surface area (Å²) in [5.41, 5.74) is 0.